The molecule has 6 N–H and O–H groups in total. The van der Waals surface area contributed by atoms with Crippen LogP contribution >= 0.6 is 0 Å². The van der Waals surface area contributed by atoms with Crippen LogP contribution in [0.25, 0.3) is 10.8 Å². The van der Waals surface area contributed by atoms with E-state index in [1.807, 2.05) is 12.1 Å². The molecule has 3 atom stereocenters. The first-order chi connectivity index (χ1) is 20.0. The monoisotopic (exact) mass is 594 g/mol. The third kappa shape index (κ3) is 7.22. The maximum atomic E-state index is 13.8. The van der Waals surface area contributed by atoms with Gasteiger partial charge in [0, 0.05) is 13.6 Å². The van der Waals surface area contributed by atoms with E-state index in [2.05, 4.69) is 4.72 Å². The van der Waals surface area contributed by atoms with Crippen molar-refractivity contribution in [2.24, 2.45) is 11.5 Å². The standard InChI is InChI=1S/C29H34N6O6S/c1-34(26(20-9-3-2-4-10-20)28(38)41-22-12-7-15-35(18-22)29(31)32)27(37)24(17-25(30)36)33-42(39,40)23-14-13-19-8-5-6-11-21(19)16-23/h2-6,8-11,13-14,16,22,24,26,33H,7,12,15,17-18H2,1H3,(H2,30,36)(H3,31,32)/t22-,24-,26?/m0/s1. The Labute approximate surface area is 244 Å². The molecule has 1 unspecified atom stereocenters. The second-order valence-corrected chi connectivity index (χ2v) is 11.9. The smallest absolute Gasteiger partial charge is 0.333 e. The lowest BCUT2D eigenvalue weighted by Gasteiger charge is -2.35. The quantitative estimate of drug-likeness (QED) is 0.154. The summed E-state index contributed by atoms with van der Waals surface area (Å²) >= 11 is 0. The molecule has 12 nitrogen and oxygen atoms in total. The number of ether oxygens (including phenoxy) is 1. The second-order valence-electron chi connectivity index (χ2n) is 10.1. The normalized spacial score (nSPS) is 16.8. The second kappa shape index (κ2) is 13.0. The van der Waals surface area contributed by atoms with E-state index in [0.29, 0.717) is 30.3 Å². The summed E-state index contributed by atoms with van der Waals surface area (Å²) in [5.74, 6) is -2.63. The van der Waals surface area contributed by atoms with Crippen molar-refractivity contribution in [2.75, 3.05) is 20.1 Å². The average Bonchev–Trinajstić information content (AvgIpc) is 2.96. The Morgan fingerprint density at radius 2 is 1.71 bits per heavy atom. The molecule has 2 amide bonds. The van der Waals surface area contributed by atoms with Gasteiger partial charge in [-0.3, -0.25) is 15.0 Å². The Bertz CT molecular complexity index is 1580. The summed E-state index contributed by atoms with van der Waals surface area (Å²) in [7, 11) is -2.95. The van der Waals surface area contributed by atoms with Gasteiger partial charge in [-0.15, -0.1) is 0 Å². The van der Waals surface area contributed by atoms with Gasteiger partial charge in [-0.2, -0.15) is 4.72 Å². The number of rotatable bonds is 10. The van der Waals surface area contributed by atoms with Crippen LogP contribution in [0.5, 0.6) is 0 Å². The molecule has 1 saturated heterocycles. The minimum absolute atomic E-state index is 0.0996. The van der Waals surface area contributed by atoms with E-state index in [0.717, 1.165) is 10.3 Å². The Morgan fingerprint density at radius 1 is 1.05 bits per heavy atom. The van der Waals surface area contributed by atoms with Crippen molar-refractivity contribution in [3.63, 3.8) is 0 Å². The minimum Gasteiger partial charge on any atom is -0.459 e. The Kier molecular flexibility index (Phi) is 9.43. The van der Waals surface area contributed by atoms with Crippen molar-refractivity contribution < 1.29 is 27.5 Å². The number of nitrogens with zero attached hydrogens (tertiary/aromatic N) is 2. The zero-order valence-electron chi connectivity index (χ0n) is 23.1. The van der Waals surface area contributed by atoms with E-state index >= 15 is 0 Å². The molecule has 1 aliphatic heterocycles. The highest BCUT2D eigenvalue weighted by atomic mass is 32.2. The van der Waals surface area contributed by atoms with Gasteiger partial charge in [0.2, 0.25) is 21.8 Å². The van der Waals surface area contributed by atoms with Crippen LogP contribution in [0.3, 0.4) is 0 Å². The molecule has 0 saturated carbocycles. The SMILES string of the molecule is CN(C(=O)[C@H](CC(N)=O)NS(=O)(=O)c1ccc2ccccc2c1)C(C(=O)O[C@H]1CCCN(C(=N)N)C1)c1ccccc1. The Balaban J connectivity index is 1.60. The Morgan fingerprint density at radius 3 is 2.38 bits per heavy atom. The number of likely N-dealkylation sites (N-methyl/N-ethyl adjacent to an activating group) is 1. The van der Waals surface area contributed by atoms with Crippen LogP contribution in [-0.4, -0.2) is 74.2 Å². The first-order valence-electron chi connectivity index (χ1n) is 13.4. The Hall–Kier alpha value is -4.49. The van der Waals surface area contributed by atoms with Gasteiger partial charge < -0.3 is 26.0 Å². The summed E-state index contributed by atoms with van der Waals surface area (Å²) < 4.78 is 34.8. The van der Waals surface area contributed by atoms with Crippen LogP contribution in [0, 0.1) is 5.41 Å². The first-order valence-corrected chi connectivity index (χ1v) is 14.8. The van der Waals surface area contributed by atoms with E-state index in [1.165, 1.54) is 19.2 Å². The number of hydrogen-bond acceptors (Lipinski definition) is 7. The van der Waals surface area contributed by atoms with Crippen molar-refractivity contribution in [1.82, 2.24) is 14.5 Å². The van der Waals surface area contributed by atoms with Gasteiger partial charge in [0.1, 0.15) is 12.1 Å². The van der Waals surface area contributed by atoms with Gasteiger partial charge in [0.15, 0.2) is 12.0 Å². The average molecular weight is 595 g/mol. The van der Waals surface area contributed by atoms with Gasteiger partial charge in [0.05, 0.1) is 17.9 Å². The number of guanidine groups is 1. The highest BCUT2D eigenvalue weighted by Crippen LogP contribution is 2.26. The summed E-state index contributed by atoms with van der Waals surface area (Å²) in [6.45, 7) is 0.798. The minimum atomic E-state index is -4.28. The van der Waals surface area contributed by atoms with Gasteiger partial charge >= 0.3 is 5.97 Å². The molecule has 1 aliphatic rings. The summed E-state index contributed by atoms with van der Waals surface area (Å²) in [5.41, 5.74) is 11.4. The number of sulfonamides is 1. The van der Waals surface area contributed by atoms with E-state index in [1.54, 1.807) is 53.4 Å². The van der Waals surface area contributed by atoms with Gasteiger partial charge in [-0.05, 0) is 41.3 Å². The number of fused-ring (bicyclic) bond motifs is 1. The van der Waals surface area contributed by atoms with Crippen LogP contribution in [0.2, 0.25) is 0 Å². The van der Waals surface area contributed by atoms with Gasteiger partial charge in [-0.25, -0.2) is 13.2 Å². The molecule has 3 aromatic rings. The fraction of sp³-hybridized carbons (Fsp3) is 0.310. The fourth-order valence-electron chi connectivity index (χ4n) is 4.98. The van der Waals surface area contributed by atoms with Crippen LogP contribution in [-0.2, 0) is 29.1 Å². The topological polar surface area (TPSA) is 189 Å². The number of piperidine rings is 1. The zero-order chi connectivity index (χ0) is 30.4. The van der Waals surface area contributed by atoms with Gasteiger partial charge in [0.25, 0.3) is 0 Å². The molecular weight excluding hydrogens is 560 g/mol. The number of amides is 2. The molecular formula is C29H34N6O6S. The number of nitrogens with two attached hydrogens (primary N) is 2. The number of carbonyl (C=O) groups is 3. The molecule has 0 aliphatic carbocycles. The highest BCUT2D eigenvalue weighted by molar-refractivity contribution is 7.89. The highest BCUT2D eigenvalue weighted by Gasteiger charge is 2.37. The summed E-state index contributed by atoms with van der Waals surface area (Å²) in [6, 6.07) is 17.2. The molecule has 1 fully saturated rings. The lowest BCUT2D eigenvalue weighted by atomic mass is 10.0. The predicted molar refractivity (Wildman–Crippen MR) is 156 cm³/mol. The van der Waals surface area contributed by atoms with Crippen LogP contribution in [0.4, 0.5) is 0 Å². The molecule has 3 aromatic carbocycles. The number of nitrogens with one attached hydrogen (secondary N) is 2. The zero-order valence-corrected chi connectivity index (χ0v) is 23.9. The summed E-state index contributed by atoms with van der Waals surface area (Å²) in [5, 5.41) is 9.20. The van der Waals surface area contributed by atoms with Crippen molar-refractivity contribution >= 4 is 44.5 Å². The third-order valence-corrected chi connectivity index (χ3v) is 8.58. The predicted octanol–water partition coefficient (Wildman–Crippen LogP) is 1.46. The molecule has 0 bridgehead atoms. The molecule has 1 heterocycles. The van der Waals surface area contributed by atoms with Crippen molar-refractivity contribution in [1.29, 1.82) is 5.41 Å². The van der Waals surface area contributed by atoms with Gasteiger partial charge in [-0.1, -0.05) is 60.7 Å². The third-order valence-electron chi connectivity index (χ3n) is 7.11. The maximum Gasteiger partial charge on any atom is 0.333 e. The van der Waals surface area contributed by atoms with Crippen molar-refractivity contribution in [2.45, 2.75) is 42.3 Å². The number of carbonyl (C=O) groups excluding carboxylic acids is 3. The van der Waals surface area contributed by atoms with E-state index < -0.39 is 52.4 Å². The number of benzene rings is 3. The largest absolute Gasteiger partial charge is 0.459 e. The van der Waals surface area contributed by atoms with Crippen LogP contribution < -0.4 is 16.2 Å². The van der Waals surface area contributed by atoms with E-state index in [9.17, 15) is 22.8 Å². The molecule has 0 spiro atoms. The van der Waals surface area contributed by atoms with Crippen molar-refractivity contribution in [3.8, 4) is 0 Å². The molecule has 42 heavy (non-hydrogen) atoms. The van der Waals surface area contributed by atoms with Crippen LogP contribution in [0.1, 0.15) is 30.9 Å². The summed E-state index contributed by atoms with van der Waals surface area (Å²) in [6.07, 6.45) is -0.00926. The lowest BCUT2D eigenvalue weighted by Crippen LogP contribution is -2.51. The number of hydrogen-bond donors (Lipinski definition) is 4. The lowest BCUT2D eigenvalue weighted by molar-refractivity contribution is -0.161. The molecule has 4 rings (SSSR count). The van der Waals surface area contributed by atoms with E-state index in [-0.39, 0.29) is 17.4 Å². The molecule has 0 radical (unpaired) electrons. The van der Waals surface area contributed by atoms with E-state index in [4.69, 9.17) is 21.6 Å². The fourth-order valence-corrected chi connectivity index (χ4v) is 6.20. The number of likely N-dealkylation sites (tertiary alicyclic amines) is 1. The molecule has 222 valence electrons. The first kappa shape index (κ1) is 30.5. The van der Waals surface area contributed by atoms with Crippen LogP contribution in [0.15, 0.2) is 77.7 Å². The van der Waals surface area contributed by atoms with Crippen molar-refractivity contribution in [3.05, 3.63) is 78.4 Å². The number of primary amides is 1. The molecule has 13 heteroatoms. The number of esters is 1. The maximum absolute atomic E-state index is 13.8. The molecule has 0 aromatic heterocycles. The summed E-state index contributed by atoms with van der Waals surface area (Å²) in [4.78, 5) is 41.8.